The number of carbonyl (C=O) groups excluding carboxylic acids is 1. The lowest BCUT2D eigenvalue weighted by Gasteiger charge is -2.32. The highest BCUT2D eigenvalue weighted by atomic mass is 32.2. The summed E-state index contributed by atoms with van der Waals surface area (Å²) in [4.78, 5) is 12.6. The van der Waals surface area contributed by atoms with Crippen molar-refractivity contribution in [2.45, 2.75) is 44.0 Å². The van der Waals surface area contributed by atoms with Crippen LogP contribution in [0, 0.1) is 6.92 Å². The number of carbonyl (C=O) groups is 1. The molecule has 0 bridgehead atoms. The molecule has 6 heteroatoms. The Kier molecular flexibility index (Phi) is 5.44. The monoisotopic (exact) mass is 372 g/mol. The first kappa shape index (κ1) is 18.6. The van der Waals surface area contributed by atoms with Crippen LogP contribution in [0.2, 0.25) is 0 Å². The quantitative estimate of drug-likeness (QED) is 0.887. The molecule has 0 radical (unpaired) electrons. The third kappa shape index (κ3) is 3.97. The normalized spacial score (nSPS) is 18.5. The van der Waals surface area contributed by atoms with Gasteiger partial charge >= 0.3 is 0 Å². The molecule has 0 unspecified atom stereocenters. The van der Waals surface area contributed by atoms with E-state index in [0.29, 0.717) is 17.8 Å². The minimum Gasteiger partial charge on any atom is -0.322 e. The number of hydrogen-bond donors (Lipinski definition) is 1. The highest BCUT2D eigenvalue weighted by molar-refractivity contribution is 7.89. The predicted molar refractivity (Wildman–Crippen MR) is 103 cm³/mol. The van der Waals surface area contributed by atoms with Gasteiger partial charge in [-0.3, -0.25) is 4.79 Å². The van der Waals surface area contributed by atoms with Crippen LogP contribution < -0.4 is 5.32 Å². The van der Waals surface area contributed by atoms with Gasteiger partial charge in [-0.1, -0.05) is 24.1 Å². The average Bonchev–Trinajstić information content (AvgIpc) is 2.62. The first-order valence-electron chi connectivity index (χ1n) is 8.88. The molecule has 5 nitrogen and oxygen atoms in total. The molecule has 1 atom stereocenters. The lowest BCUT2D eigenvalue weighted by molar-refractivity contribution is 0.102. The molecule has 1 aliphatic rings. The number of hydrogen-bond acceptors (Lipinski definition) is 3. The van der Waals surface area contributed by atoms with Gasteiger partial charge in [0.2, 0.25) is 10.0 Å². The molecule has 0 saturated carbocycles. The summed E-state index contributed by atoms with van der Waals surface area (Å²) in [6, 6.07) is 13.7. The van der Waals surface area contributed by atoms with Crippen LogP contribution in [0.4, 0.5) is 5.69 Å². The Morgan fingerprint density at radius 2 is 1.85 bits per heavy atom. The lowest BCUT2D eigenvalue weighted by Crippen LogP contribution is -2.41. The molecule has 2 aromatic rings. The van der Waals surface area contributed by atoms with E-state index in [1.807, 2.05) is 32.0 Å². The Bertz CT molecular complexity index is 892. The first-order chi connectivity index (χ1) is 12.4. The molecule has 1 fully saturated rings. The number of rotatable bonds is 4. The zero-order valence-electron chi connectivity index (χ0n) is 15.1. The highest BCUT2D eigenvalue weighted by Gasteiger charge is 2.30. The summed E-state index contributed by atoms with van der Waals surface area (Å²) in [7, 11) is -3.49. The number of benzene rings is 2. The van der Waals surface area contributed by atoms with E-state index in [9.17, 15) is 13.2 Å². The van der Waals surface area contributed by atoms with Crippen LogP contribution in [0.5, 0.6) is 0 Å². The number of nitrogens with zero attached hydrogens (tertiary/aromatic N) is 1. The van der Waals surface area contributed by atoms with Crippen LogP contribution in [-0.4, -0.2) is 31.2 Å². The molecule has 1 aliphatic heterocycles. The van der Waals surface area contributed by atoms with E-state index in [2.05, 4.69) is 5.32 Å². The van der Waals surface area contributed by atoms with E-state index in [1.165, 1.54) is 0 Å². The molecular formula is C20H24N2O3S. The van der Waals surface area contributed by atoms with Crippen molar-refractivity contribution in [1.29, 1.82) is 0 Å². The summed E-state index contributed by atoms with van der Waals surface area (Å²) in [6.07, 6.45) is 2.86. The molecule has 138 valence electrons. The summed E-state index contributed by atoms with van der Waals surface area (Å²) in [5.74, 6) is -0.214. The molecule has 0 aliphatic carbocycles. The predicted octanol–water partition coefficient (Wildman–Crippen LogP) is 3.81. The second-order valence-corrected chi connectivity index (χ2v) is 8.70. The maximum atomic E-state index is 12.8. The topological polar surface area (TPSA) is 66.5 Å². The summed E-state index contributed by atoms with van der Waals surface area (Å²) in [5.41, 5.74) is 2.15. The fourth-order valence-corrected chi connectivity index (χ4v) is 4.96. The second kappa shape index (κ2) is 7.60. The zero-order valence-corrected chi connectivity index (χ0v) is 15.9. The number of anilines is 1. The third-order valence-electron chi connectivity index (χ3n) is 4.74. The molecule has 1 amide bonds. The Balaban J connectivity index is 1.75. The highest BCUT2D eigenvalue weighted by Crippen LogP contribution is 2.26. The zero-order chi connectivity index (χ0) is 18.7. The Morgan fingerprint density at radius 3 is 2.50 bits per heavy atom. The third-order valence-corrected chi connectivity index (χ3v) is 6.77. The van der Waals surface area contributed by atoms with E-state index < -0.39 is 10.0 Å². The second-order valence-electron chi connectivity index (χ2n) is 6.81. The molecule has 26 heavy (non-hydrogen) atoms. The van der Waals surface area contributed by atoms with Crippen molar-refractivity contribution in [3.63, 3.8) is 0 Å². The maximum Gasteiger partial charge on any atom is 0.255 e. The average molecular weight is 372 g/mol. The molecule has 0 spiro atoms. The molecular weight excluding hydrogens is 348 g/mol. The van der Waals surface area contributed by atoms with Crippen LogP contribution >= 0.6 is 0 Å². The van der Waals surface area contributed by atoms with Crippen molar-refractivity contribution in [3.05, 3.63) is 59.7 Å². The van der Waals surface area contributed by atoms with Crippen LogP contribution in [0.15, 0.2) is 53.4 Å². The number of sulfonamides is 1. The molecule has 2 aromatic carbocycles. The molecule has 0 aromatic heterocycles. The van der Waals surface area contributed by atoms with Gasteiger partial charge in [0, 0.05) is 23.8 Å². The summed E-state index contributed by atoms with van der Waals surface area (Å²) in [6.45, 7) is 4.44. The van der Waals surface area contributed by atoms with E-state index in [0.717, 1.165) is 24.8 Å². The fraction of sp³-hybridized carbons (Fsp3) is 0.350. The standard InChI is InChI=1S/C20H24N2O3S/c1-15-6-5-8-17(14-15)20(23)21-18-9-11-19(12-10-18)26(24,25)22-13-4-3-7-16(22)2/h5-6,8-12,14,16H,3-4,7,13H2,1-2H3,(H,21,23)/t16-/m1/s1. The number of amides is 1. The van der Waals surface area contributed by atoms with Crippen molar-refractivity contribution >= 4 is 21.6 Å². The van der Waals surface area contributed by atoms with Gasteiger partial charge in [-0.25, -0.2) is 8.42 Å². The Labute approximate surface area is 155 Å². The van der Waals surface area contributed by atoms with Gasteiger partial charge in [0.1, 0.15) is 0 Å². The van der Waals surface area contributed by atoms with Crippen molar-refractivity contribution < 1.29 is 13.2 Å². The lowest BCUT2D eigenvalue weighted by atomic mass is 10.1. The van der Waals surface area contributed by atoms with E-state index in [1.54, 1.807) is 34.6 Å². The molecule has 1 N–H and O–H groups in total. The van der Waals surface area contributed by atoms with Gasteiger partial charge in [0.25, 0.3) is 5.91 Å². The minimum atomic E-state index is -3.49. The van der Waals surface area contributed by atoms with Crippen LogP contribution in [0.1, 0.15) is 42.1 Å². The minimum absolute atomic E-state index is 0.0226. The van der Waals surface area contributed by atoms with Gasteiger partial charge in [-0.05, 0) is 63.1 Å². The number of piperidine rings is 1. The number of nitrogens with one attached hydrogen (secondary N) is 1. The van der Waals surface area contributed by atoms with E-state index in [4.69, 9.17) is 0 Å². The SMILES string of the molecule is Cc1cccc(C(=O)Nc2ccc(S(=O)(=O)N3CCCC[C@H]3C)cc2)c1. The van der Waals surface area contributed by atoms with Gasteiger partial charge < -0.3 is 5.32 Å². The molecule has 1 heterocycles. The van der Waals surface area contributed by atoms with Crippen molar-refractivity contribution in [3.8, 4) is 0 Å². The van der Waals surface area contributed by atoms with Crippen molar-refractivity contribution in [2.75, 3.05) is 11.9 Å². The summed E-state index contributed by atoms with van der Waals surface area (Å²) >= 11 is 0. The smallest absolute Gasteiger partial charge is 0.255 e. The van der Waals surface area contributed by atoms with Gasteiger partial charge in [0.05, 0.1) is 4.90 Å². The fourth-order valence-electron chi connectivity index (χ4n) is 3.26. The van der Waals surface area contributed by atoms with Crippen LogP contribution in [0.3, 0.4) is 0 Å². The number of aryl methyl sites for hydroxylation is 1. The Hall–Kier alpha value is -2.18. The van der Waals surface area contributed by atoms with Gasteiger partial charge in [-0.2, -0.15) is 4.31 Å². The first-order valence-corrected chi connectivity index (χ1v) is 10.3. The van der Waals surface area contributed by atoms with Crippen molar-refractivity contribution in [1.82, 2.24) is 4.31 Å². The largest absolute Gasteiger partial charge is 0.322 e. The maximum absolute atomic E-state index is 12.8. The van der Waals surface area contributed by atoms with Crippen LogP contribution in [0.25, 0.3) is 0 Å². The molecule has 3 rings (SSSR count). The summed E-state index contributed by atoms with van der Waals surface area (Å²) in [5, 5.41) is 2.81. The van der Waals surface area contributed by atoms with Gasteiger partial charge in [0.15, 0.2) is 0 Å². The van der Waals surface area contributed by atoms with E-state index in [-0.39, 0.29) is 16.8 Å². The van der Waals surface area contributed by atoms with Crippen LogP contribution in [-0.2, 0) is 10.0 Å². The Morgan fingerprint density at radius 1 is 1.12 bits per heavy atom. The summed E-state index contributed by atoms with van der Waals surface area (Å²) < 4.78 is 27.2. The van der Waals surface area contributed by atoms with Gasteiger partial charge in [-0.15, -0.1) is 0 Å². The van der Waals surface area contributed by atoms with E-state index >= 15 is 0 Å². The van der Waals surface area contributed by atoms with Crippen molar-refractivity contribution in [2.24, 2.45) is 0 Å². The molecule has 1 saturated heterocycles.